The highest BCUT2D eigenvalue weighted by molar-refractivity contribution is 6.06. The van der Waals surface area contributed by atoms with Crippen molar-refractivity contribution in [1.82, 2.24) is 4.23 Å². The summed E-state index contributed by atoms with van der Waals surface area (Å²) in [6, 6.07) is 3.90. The van der Waals surface area contributed by atoms with Crippen LogP contribution >= 0.6 is 0 Å². The van der Waals surface area contributed by atoms with Crippen molar-refractivity contribution in [3.63, 3.8) is 0 Å². The molecule has 0 saturated heterocycles. The second-order valence-corrected chi connectivity index (χ2v) is 1.61. The average molecular weight is 94.2 g/mol. The van der Waals surface area contributed by atoms with Crippen LogP contribution in [0.5, 0.6) is 0 Å². The third-order valence-electron chi connectivity index (χ3n) is 0.604. The van der Waals surface area contributed by atoms with Gasteiger partial charge < -0.3 is 4.23 Å². The van der Waals surface area contributed by atoms with Gasteiger partial charge in [-0.3, -0.25) is 0 Å². The molecule has 6 heavy (non-hydrogen) atoms. The van der Waals surface area contributed by atoms with Crippen molar-refractivity contribution in [2.24, 2.45) is 0 Å². The fourth-order valence-corrected chi connectivity index (χ4v) is 0.507. The van der Waals surface area contributed by atoms with E-state index in [2.05, 4.69) is 10.4 Å². The lowest BCUT2D eigenvalue weighted by atomic mass is 10.7. The highest BCUT2D eigenvalue weighted by atomic mass is 28.2. The van der Waals surface area contributed by atoms with E-state index in [-0.39, 0.29) is 0 Å². The monoisotopic (exact) mass is 94.0 g/mol. The Morgan fingerprint density at radius 2 is 1.67 bits per heavy atom. The van der Waals surface area contributed by atoms with Gasteiger partial charge in [-0.15, -0.1) is 0 Å². The fraction of sp³-hybridized carbons (Fsp3) is 0. The van der Waals surface area contributed by atoms with Crippen LogP contribution in [0.25, 0.3) is 0 Å². The zero-order valence-electron chi connectivity index (χ0n) is 3.26. The quantitative estimate of drug-likeness (QED) is 0.411. The van der Waals surface area contributed by atoms with Crippen LogP contribution in [0, 0.1) is 0 Å². The number of nitrogens with zero attached hydrogens (tertiary/aromatic N) is 1. The SMILES string of the molecule is [Si]n1cccc1. The highest BCUT2D eigenvalue weighted by Gasteiger charge is 1.69. The van der Waals surface area contributed by atoms with E-state index in [1.54, 1.807) is 4.23 Å². The van der Waals surface area contributed by atoms with Crippen LogP contribution in [0.4, 0.5) is 0 Å². The van der Waals surface area contributed by atoms with Gasteiger partial charge in [-0.2, -0.15) is 0 Å². The normalized spacial score (nSPS) is 8.83. The first-order chi connectivity index (χ1) is 2.89. The van der Waals surface area contributed by atoms with Crippen molar-refractivity contribution in [3.05, 3.63) is 24.5 Å². The van der Waals surface area contributed by atoms with Gasteiger partial charge in [-0.05, 0) is 24.5 Å². The van der Waals surface area contributed by atoms with E-state index in [1.807, 2.05) is 24.5 Å². The zero-order chi connectivity index (χ0) is 4.41. The summed E-state index contributed by atoms with van der Waals surface area (Å²) in [5.41, 5.74) is 0. The maximum Gasteiger partial charge on any atom is 0.194 e. The fourth-order valence-electron chi connectivity index (χ4n) is 0.335. The molecule has 0 aliphatic rings. The van der Waals surface area contributed by atoms with E-state index in [0.29, 0.717) is 0 Å². The molecule has 1 nitrogen and oxygen atoms in total. The number of rotatable bonds is 0. The molecule has 0 atom stereocenters. The van der Waals surface area contributed by atoms with E-state index in [4.69, 9.17) is 0 Å². The number of hydrogen-bond donors (Lipinski definition) is 0. The summed E-state index contributed by atoms with van der Waals surface area (Å²) < 4.78 is 1.81. The van der Waals surface area contributed by atoms with Crippen molar-refractivity contribution < 1.29 is 0 Å². The Labute approximate surface area is 40.1 Å². The summed E-state index contributed by atoms with van der Waals surface area (Å²) in [4.78, 5) is 0. The smallest absolute Gasteiger partial charge is 0.194 e. The molecule has 0 aromatic carbocycles. The minimum atomic E-state index is 1.81. The van der Waals surface area contributed by atoms with Crippen molar-refractivity contribution in [1.29, 1.82) is 0 Å². The summed E-state index contributed by atoms with van der Waals surface area (Å²) >= 11 is 0. The van der Waals surface area contributed by atoms with Crippen LogP contribution in [-0.4, -0.2) is 14.6 Å². The van der Waals surface area contributed by atoms with Crippen molar-refractivity contribution in [3.8, 4) is 0 Å². The maximum atomic E-state index is 3.24. The molecule has 0 bridgehead atoms. The Morgan fingerprint density at radius 3 is 1.83 bits per heavy atom. The van der Waals surface area contributed by atoms with Gasteiger partial charge in [0.25, 0.3) is 0 Å². The molecule has 0 unspecified atom stereocenters. The second-order valence-electron chi connectivity index (χ2n) is 1.09. The van der Waals surface area contributed by atoms with Crippen molar-refractivity contribution in [2.45, 2.75) is 0 Å². The first kappa shape index (κ1) is 3.68. The van der Waals surface area contributed by atoms with Crippen LogP contribution in [0.2, 0.25) is 0 Å². The molecule has 0 N–H and O–H groups in total. The van der Waals surface area contributed by atoms with Gasteiger partial charge in [0.05, 0.1) is 0 Å². The molecular formula is C4H4NSi. The van der Waals surface area contributed by atoms with Gasteiger partial charge in [0.2, 0.25) is 0 Å². The van der Waals surface area contributed by atoms with Gasteiger partial charge in [0, 0.05) is 0 Å². The van der Waals surface area contributed by atoms with Crippen LogP contribution in [0.1, 0.15) is 0 Å². The topological polar surface area (TPSA) is 4.93 Å². The lowest BCUT2D eigenvalue weighted by molar-refractivity contribution is 1.26. The summed E-state index contributed by atoms with van der Waals surface area (Å²) in [7, 11) is 3.24. The molecule has 0 spiro atoms. The minimum Gasteiger partial charge on any atom is -0.382 e. The Bertz CT molecular complexity index is 111. The first-order valence-corrected chi connectivity index (χ1v) is 2.19. The third-order valence-corrected chi connectivity index (χ3v) is 0.903. The standard InChI is InChI=1S/C4H4NSi/c6-5-3-1-2-4-5/h1-4H. The molecule has 0 aliphatic heterocycles. The molecule has 0 amide bonds. The Balaban J connectivity index is 3.05. The minimum absolute atomic E-state index is 1.81. The van der Waals surface area contributed by atoms with E-state index < -0.39 is 0 Å². The molecular weight excluding hydrogens is 90.1 g/mol. The van der Waals surface area contributed by atoms with Crippen molar-refractivity contribution >= 4 is 10.4 Å². The summed E-state index contributed by atoms with van der Waals surface area (Å²) in [6.07, 6.45) is 3.83. The predicted molar refractivity (Wildman–Crippen MR) is 25.6 cm³/mol. The molecule has 0 fully saturated rings. The van der Waals surface area contributed by atoms with E-state index in [0.717, 1.165) is 0 Å². The molecule has 3 radical (unpaired) electrons. The summed E-state index contributed by atoms with van der Waals surface area (Å²) in [6.45, 7) is 0. The molecule has 29 valence electrons. The zero-order valence-corrected chi connectivity index (χ0v) is 4.26. The van der Waals surface area contributed by atoms with Crippen molar-refractivity contribution in [2.75, 3.05) is 0 Å². The molecule has 0 saturated carbocycles. The van der Waals surface area contributed by atoms with Crippen LogP contribution in [0.15, 0.2) is 24.5 Å². The lowest BCUT2D eigenvalue weighted by Crippen LogP contribution is -1.80. The molecule has 1 heterocycles. The maximum absolute atomic E-state index is 3.24. The molecule has 0 aliphatic carbocycles. The number of aromatic nitrogens is 1. The Kier molecular flexibility index (Phi) is 0.799. The Morgan fingerprint density at radius 1 is 1.17 bits per heavy atom. The second kappa shape index (κ2) is 1.30. The summed E-state index contributed by atoms with van der Waals surface area (Å²) in [5.74, 6) is 0. The van der Waals surface area contributed by atoms with Gasteiger partial charge in [0.1, 0.15) is 0 Å². The van der Waals surface area contributed by atoms with E-state index in [1.165, 1.54) is 0 Å². The van der Waals surface area contributed by atoms with Crippen LogP contribution in [-0.2, 0) is 0 Å². The Hall–Kier alpha value is -0.503. The highest BCUT2D eigenvalue weighted by Crippen LogP contribution is 1.79. The molecule has 1 aromatic heterocycles. The predicted octanol–water partition coefficient (Wildman–Crippen LogP) is 0.420. The van der Waals surface area contributed by atoms with E-state index >= 15 is 0 Å². The lowest BCUT2D eigenvalue weighted by Gasteiger charge is -1.77. The number of hydrogen-bond acceptors (Lipinski definition) is 0. The largest absolute Gasteiger partial charge is 0.382 e. The van der Waals surface area contributed by atoms with Crippen LogP contribution < -0.4 is 0 Å². The molecule has 1 aromatic rings. The summed E-state index contributed by atoms with van der Waals surface area (Å²) in [5, 5.41) is 0. The van der Waals surface area contributed by atoms with Gasteiger partial charge in [0.15, 0.2) is 10.4 Å². The van der Waals surface area contributed by atoms with E-state index in [9.17, 15) is 0 Å². The molecule has 1 rings (SSSR count). The van der Waals surface area contributed by atoms with Gasteiger partial charge in [-0.1, -0.05) is 0 Å². The van der Waals surface area contributed by atoms with Crippen LogP contribution in [0.3, 0.4) is 0 Å². The first-order valence-electron chi connectivity index (χ1n) is 1.74. The van der Waals surface area contributed by atoms with Gasteiger partial charge >= 0.3 is 0 Å². The molecule has 2 heteroatoms. The average Bonchev–Trinajstić information content (AvgIpc) is 1.86. The van der Waals surface area contributed by atoms with Gasteiger partial charge in [-0.25, -0.2) is 0 Å². The third kappa shape index (κ3) is 0.516.